The Bertz CT molecular complexity index is 911. The van der Waals surface area contributed by atoms with E-state index in [1.165, 1.54) is 0 Å². The fourth-order valence-electron chi connectivity index (χ4n) is 3.86. The summed E-state index contributed by atoms with van der Waals surface area (Å²) in [4.78, 5) is 16.5. The molecule has 0 bridgehead atoms. The van der Waals surface area contributed by atoms with Crippen LogP contribution in [-0.4, -0.2) is 42.9 Å². The first-order chi connectivity index (χ1) is 11.9. The number of hydrogen-bond donors (Lipinski definition) is 0. The van der Waals surface area contributed by atoms with Crippen molar-refractivity contribution in [2.24, 2.45) is 0 Å². The first-order valence-electron chi connectivity index (χ1n) is 8.35. The molecule has 130 valence electrons. The highest BCUT2D eigenvalue weighted by Crippen LogP contribution is 2.35. The standard InChI is InChI=1S/C19H20N2O3S/c1-14-6-5-7-15(10-14)11-20-17-12-25(23,24)13-18(17)21(19(20)22)16-8-3-2-4-9-16/h2-10,17-18H,11-13H2,1H3/t17-,18-/m1/s1. The predicted molar refractivity (Wildman–Crippen MR) is 97.3 cm³/mol. The van der Waals surface area contributed by atoms with Gasteiger partial charge in [0.25, 0.3) is 0 Å². The zero-order valence-corrected chi connectivity index (χ0v) is 14.8. The van der Waals surface area contributed by atoms with Gasteiger partial charge in [0.15, 0.2) is 9.84 Å². The van der Waals surface area contributed by atoms with E-state index in [-0.39, 0.29) is 29.6 Å². The molecule has 2 aliphatic heterocycles. The maximum absolute atomic E-state index is 13.1. The molecule has 2 aromatic rings. The van der Waals surface area contributed by atoms with E-state index in [1.807, 2.05) is 61.5 Å². The van der Waals surface area contributed by atoms with Gasteiger partial charge in [-0.3, -0.25) is 4.90 Å². The Balaban J connectivity index is 1.71. The Morgan fingerprint density at radius 3 is 2.44 bits per heavy atom. The van der Waals surface area contributed by atoms with Crippen molar-refractivity contribution < 1.29 is 13.2 Å². The molecule has 4 rings (SSSR count). The molecule has 5 nitrogen and oxygen atoms in total. The van der Waals surface area contributed by atoms with Crippen molar-refractivity contribution in [1.82, 2.24) is 4.90 Å². The van der Waals surface area contributed by atoms with Crippen LogP contribution in [0.4, 0.5) is 10.5 Å². The Kier molecular flexibility index (Phi) is 3.80. The van der Waals surface area contributed by atoms with E-state index in [4.69, 9.17) is 0 Å². The second kappa shape index (κ2) is 5.88. The van der Waals surface area contributed by atoms with Gasteiger partial charge in [-0.05, 0) is 24.6 Å². The summed E-state index contributed by atoms with van der Waals surface area (Å²) in [6.45, 7) is 2.44. The van der Waals surface area contributed by atoms with Gasteiger partial charge in [-0.2, -0.15) is 0 Å². The quantitative estimate of drug-likeness (QED) is 0.795. The first-order valence-corrected chi connectivity index (χ1v) is 10.2. The molecule has 0 saturated carbocycles. The monoisotopic (exact) mass is 356 g/mol. The third-order valence-electron chi connectivity index (χ3n) is 4.95. The summed E-state index contributed by atoms with van der Waals surface area (Å²) in [5, 5.41) is 0. The highest BCUT2D eigenvalue weighted by Gasteiger charge is 2.53. The molecule has 2 fully saturated rings. The number of benzene rings is 2. The van der Waals surface area contributed by atoms with Crippen LogP contribution in [0.3, 0.4) is 0 Å². The number of amides is 2. The third kappa shape index (κ3) is 2.91. The zero-order chi connectivity index (χ0) is 17.6. The Hall–Kier alpha value is -2.34. The normalized spacial score (nSPS) is 24.6. The Morgan fingerprint density at radius 2 is 1.72 bits per heavy atom. The molecule has 2 amide bonds. The maximum Gasteiger partial charge on any atom is 0.325 e. The lowest BCUT2D eigenvalue weighted by Crippen LogP contribution is -2.37. The molecule has 0 N–H and O–H groups in total. The molecule has 0 spiro atoms. The van der Waals surface area contributed by atoms with Crippen LogP contribution < -0.4 is 4.90 Å². The summed E-state index contributed by atoms with van der Waals surface area (Å²) in [6, 6.07) is 16.6. The second-order valence-corrected chi connectivity index (χ2v) is 8.97. The van der Waals surface area contributed by atoms with Gasteiger partial charge in [0.1, 0.15) is 0 Å². The number of sulfone groups is 1. The van der Waals surface area contributed by atoms with Gasteiger partial charge in [0.05, 0.1) is 23.6 Å². The average Bonchev–Trinajstić information content (AvgIpc) is 3.00. The number of para-hydroxylation sites is 1. The SMILES string of the molecule is Cc1cccc(CN2C(=O)N(c3ccccc3)[C@@H]3CS(=O)(=O)C[C@H]32)c1. The Labute approximate surface area is 147 Å². The lowest BCUT2D eigenvalue weighted by molar-refractivity contribution is 0.206. The smallest absolute Gasteiger partial charge is 0.314 e. The third-order valence-corrected chi connectivity index (χ3v) is 6.65. The van der Waals surface area contributed by atoms with Crippen molar-refractivity contribution in [3.05, 3.63) is 65.7 Å². The molecule has 2 aliphatic rings. The van der Waals surface area contributed by atoms with E-state index < -0.39 is 9.84 Å². The lowest BCUT2D eigenvalue weighted by Gasteiger charge is -2.22. The van der Waals surface area contributed by atoms with E-state index in [2.05, 4.69) is 0 Å². The van der Waals surface area contributed by atoms with Crippen LogP contribution in [0.1, 0.15) is 11.1 Å². The van der Waals surface area contributed by atoms with Crippen LogP contribution in [0.25, 0.3) is 0 Å². The number of carbonyl (C=O) groups excluding carboxylic acids is 1. The van der Waals surface area contributed by atoms with E-state index in [0.717, 1.165) is 16.8 Å². The Morgan fingerprint density at radius 1 is 1.00 bits per heavy atom. The minimum absolute atomic E-state index is 0.0304. The van der Waals surface area contributed by atoms with Crippen molar-refractivity contribution >= 4 is 21.6 Å². The van der Waals surface area contributed by atoms with Crippen LogP contribution in [0.5, 0.6) is 0 Å². The van der Waals surface area contributed by atoms with Crippen molar-refractivity contribution in [2.75, 3.05) is 16.4 Å². The van der Waals surface area contributed by atoms with Crippen molar-refractivity contribution in [3.8, 4) is 0 Å². The van der Waals surface area contributed by atoms with Crippen molar-refractivity contribution in [3.63, 3.8) is 0 Å². The molecule has 0 aliphatic carbocycles. The molecule has 0 radical (unpaired) electrons. The maximum atomic E-state index is 13.1. The van der Waals surface area contributed by atoms with Gasteiger partial charge in [0, 0.05) is 12.2 Å². The van der Waals surface area contributed by atoms with Crippen LogP contribution in [0.2, 0.25) is 0 Å². The minimum Gasteiger partial charge on any atom is -0.314 e. The number of aryl methyl sites for hydroxylation is 1. The minimum atomic E-state index is -3.14. The molecule has 25 heavy (non-hydrogen) atoms. The topological polar surface area (TPSA) is 57.7 Å². The molecule has 2 heterocycles. The average molecular weight is 356 g/mol. The van der Waals surface area contributed by atoms with E-state index in [0.29, 0.717) is 6.54 Å². The predicted octanol–water partition coefficient (Wildman–Crippen LogP) is 2.60. The van der Waals surface area contributed by atoms with Gasteiger partial charge < -0.3 is 4.90 Å². The van der Waals surface area contributed by atoms with Gasteiger partial charge in [-0.15, -0.1) is 0 Å². The molecular formula is C19H20N2O3S. The fraction of sp³-hybridized carbons (Fsp3) is 0.316. The van der Waals surface area contributed by atoms with Gasteiger partial charge in [-0.1, -0.05) is 48.0 Å². The summed E-state index contributed by atoms with van der Waals surface area (Å²) in [5.41, 5.74) is 2.90. The van der Waals surface area contributed by atoms with Crippen LogP contribution >= 0.6 is 0 Å². The van der Waals surface area contributed by atoms with Gasteiger partial charge in [0.2, 0.25) is 0 Å². The summed E-state index contributed by atoms with van der Waals surface area (Å²) < 4.78 is 24.4. The fourth-order valence-corrected chi connectivity index (χ4v) is 5.81. The molecule has 2 aromatic carbocycles. The van der Waals surface area contributed by atoms with E-state index in [9.17, 15) is 13.2 Å². The van der Waals surface area contributed by atoms with E-state index in [1.54, 1.807) is 9.80 Å². The molecule has 0 unspecified atom stereocenters. The zero-order valence-electron chi connectivity index (χ0n) is 14.0. The number of rotatable bonds is 3. The molecule has 2 saturated heterocycles. The number of nitrogens with zero attached hydrogens (tertiary/aromatic N) is 2. The second-order valence-electron chi connectivity index (χ2n) is 6.82. The number of hydrogen-bond acceptors (Lipinski definition) is 3. The summed E-state index contributed by atoms with van der Waals surface area (Å²) in [6.07, 6.45) is 0. The molecule has 0 aromatic heterocycles. The summed E-state index contributed by atoms with van der Waals surface area (Å²) in [7, 11) is -3.14. The molecular weight excluding hydrogens is 336 g/mol. The first kappa shape index (κ1) is 16.1. The highest BCUT2D eigenvalue weighted by atomic mass is 32.2. The van der Waals surface area contributed by atoms with Gasteiger partial charge >= 0.3 is 6.03 Å². The van der Waals surface area contributed by atoms with Crippen molar-refractivity contribution in [2.45, 2.75) is 25.6 Å². The number of anilines is 1. The number of fused-ring (bicyclic) bond motifs is 1. The number of carbonyl (C=O) groups is 1. The lowest BCUT2D eigenvalue weighted by atomic mass is 10.1. The van der Waals surface area contributed by atoms with E-state index >= 15 is 0 Å². The molecule has 2 atom stereocenters. The highest BCUT2D eigenvalue weighted by molar-refractivity contribution is 7.91. The largest absolute Gasteiger partial charge is 0.325 e. The van der Waals surface area contributed by atoms with Crippen LogP contribution in [-0.2, 0) is 16.4 Å². The summed E-state index contributed by atoms with van der Waals surface area (Å²) >= 11 is 0. The van der Waals surface area contributed by atoms with Crippen LogP contribution in [0.15, 0.2) is 54.6 Å². The molecule has 6 heteroatoms. The van der Waals surface area contributed by atoms with Crippen molar-refractivity contribution in [1.29, 1.82) is 0 Å². The van der Waals surface area contributed by atoms with Gasteiger partial charge in [-0.25, -0.2) is 13.2 Å². The number of urea groups is 1. The summed E-state index contributed by atoms with van der Waals surface area (Å²) in [5.74, 6) is 0.0706. The van der Waals surface area contributed by atoms with Crippen LogP contribution in [0, 0.1) is 6.92 Å².